The topological polar surface area (TPSA) is 45.4 Å². The number of aromatic nitrogens is 2. The van der Waals surface area contributed by atoms with E-state index < -0.39 is 0 Å². The second-order valence-electron chi connectivity index (χ2n) is 6.06. The van der Waals surface area contributed by atoms with Crippen LogP contribution in [0.15, 0.2) is 22.7 Å². The zero-order valence-electron chi connectivity index (χ0n) is 13.3. The molecule has 0 N–H and O–H groups in total. The number of hydrogen-bond donors (Lipinski definition) is 0. The van der Waals surface area contributed by atoms with Crippen LogP contribution in [-0.4, -0.2) is 41.2 Å². The van der Waals surface area contributed by atoms with Crippen molar-refractivity contribution in [2.45, 2.75) is 26.3 Å². The molecule has 0 saturated carbocycles. The summed E-state index contributed by atoms with van der Waals surface area (Å²) in [5.74, 6) is 1.75. The quantitative estimate of drug-likeness (QED) is 0.834. The monoisotopic (exact) mass is 354 g/mol. The van der Waals surface area contributed by atoms with Crippen molar-refractivity contribution >= 4 is 28.9 Å². The Balaban J connectivity index is 1.56. The fraction of sp³-hybridized carbons (Fsp3) is 0.500. The van der Waals surface area contributed by atoms with Gasteiger partial charge < -0.3 is 9.42 Å². The van der Waals surface area contributed by atoms with Crippen LogP contribution in [0, 0.1) is 0 Å². The summed E-state index contributed by atoms with van der Waals surface area (Å²) in [6, 6.07) is 5.78. The molecule has 2 heterocycles. The van der Waals surface area contributed by atoms with Gasteiger partial charge in [-0.05, 0) is 18.2 Å². The maximum absolute atomic E-state index is 6.10. The van der Waals surface area contributed by atoms with Crippen LogP contribution in [0.1, 0.15) is 31.5 Å². The average Bonchev–Trinajstić information content (AvgIpc) is 3.00. The lowest BCUT2D eigenvalue weighted by molar-refractivity contribution is 0.215. The lowest BCUT2D eigenvalue weighted by Crippen LogP contribution is -2.46. The van der Waals surface area contributed by atoms with Crippen LogP contribution in [-0.2, 0) is 6.54 Å². The van der Waals surface area contributed by atoms with E-state index in [1.165, 1.54) is 0 Å². The SMILES string of the molecule is CC(C)c1noc(CN2CCN(c3ccc(Cl)c(Cl)c3)CC2)n1. The first-order valence-electron chi connectivity index (χ1n) is 7.78. The van der Waals surface area contributed by atoms with E-state index in [2.05, 4.69) is 33.8 Å². The van der Waals surface area contributed by atoms with E-state index in [0.29, 0.717) is 28.4 Å². The Bertz CT molecular complexity index is 666. The van der Waals surface area contributed by atoms with Crippen LogP contribution in [0.2, 0.25) is 10.0 Å². The molecule has 0 bridgehead atoms. The molecule has 2 aromatic rings. The summed E-state index contributed by atoms with van der Waals surface area (Å²) >= 11 is 12.1. The molecule has 1 aliphatic rings. The van der Waals surface area contributed by atoms with E-state index in [1.54, 1.807) is 0 Å². The first kappa shape index (κ1) is 16.6. The van der Waals surface area contributed by atoms with Gasteiger partial charge in [0.2, 0.25) is 5.89 Å². The second kappa shape index (κ2) is 7.07. The number of rotatable bonds is 4. The molecule has 5 nitrogen and oxygen atoms in total. The first-order valence-corrected chi connectivity index (χ1v) is 8.53. The summed E-state index contributed by atoms with van der Waals surface area (Å²) in [6.07, 6.45) is 0. The minimum absolute atomic E-state index is 0.291. The molecule has 0 spiro atoms. The molecule has 0 atom stereocenters. The first-order chi connectivity index (χ1) is 11.0. The Labute approximate surface area is 146 Å². The number of hydrogen-bond acceptors (Lipinski definition) is 5. The van der Waals surface area contributed by atoms with Gasteiger partial charge in [-0.2, -0.15) is 4.98 Å². The standard InChI is InChI=1S/C16H20Cl2N4O/c1-11(2)16-19-15(23-20-16)10-21-5-7-22(8-6-21)12-3-4-13(17)14(18)9-12/h3-4,9,11H,5-8,10H2,1-2H3. The van der Waals surface area contributed by atoms with Gasteiger partial charge in [0.15, 0.2) is 5.82 Å². The van der Waals surface area contributed by atoms with Crippen molar-refractivity contribution in [2.24, 2.45) is 0 Å². The molecule has 3 rings (SSSR count). The van der Waals surface area contributed by atoms with Gasteiger partial charge in [-0.3, -0.25) is 4.90 Å². The Morgan fingerprint density at radius 1 is 1.13 bits per heavy atom. The Morgan fingerprint density at radius 3 is 2.48 bits per heavy atom. The van der Waals surface area contributed by atoms with Crippen molar-refractivity contribution in [3.05, 3.63) is 40.0 Å². The molecule has 1 aromatic carbocycles. The lowest BCUT2D eigenvalue weighted by Gasteiger charge is -2.35. The lowest BCUT2D eigenvalue weighted by atomic mass is 10.2. The molecule has 7 heteroatoms. The third kappa shape index (κ3) is 3.97. The highest BCUT2D eigenvalue weighted by Gasteiger charge is 2.20. The predicted molar refractivity (Wildman–Crippen MR) is 92.3 cm³/mol. The average molecular weight is 355 g/mol. The third-order valence-corrected chi connectivity index (χ3v) is 4.74. The molecule has 23 heavy (non-hydrogen) atoms. The van der Waals surface area contributed by atoms with Crippen LogP contribution in [0.25, 0.3) is 0 Å². The van der Waals surface area contributed by atoms with Gasteiger partial charge in [0.05, 0.1) is 16.6 Å². The summed E-state index contributed by atoms with van der Waals surface area (Å²) in [7, 11) is 0. The number of benzene rings is 1. The summed E-state index contributed by atoms with van der Waals surface area (Å²) in [6.45, 7) is 8.58. The molecule has 0 aliphatic carbocycles. The highest BCUT2D eigenvalue weighted by atomic mass is 35.5. The van der Waals surface area contributed by atoms with Gasteiger partial charge >= 0.3 is 0 Å². The molecule has 0 radical (unpaired) electrons. The smallest absolute Gasteiger partial charge is 0.240 e. The molecular formula is C16H20Cl2N4O. The molecule has 0 amide bonds. The Morgan fingerprint density at radius 2 is 1.87 bits per heavy atom. The van der Waals surface area contributed by atoms with E-state index in [4.69, 9.17) is 27.7 Å². The molecule has 1 aromatic heterocycles. The van der Waals surface area contributed by atoms with Crippen molar-refractivity contribution in [1.82, 2.24) is 15.0 Å². The van der Waals surface area contributed by atoms with Crippen molar-refractivity contribution in [1.29, 1.82) is 0 Å². The van der Waals surface area contributed by atoms with Crippen molar-refractivity contribution < 1.29 is 4.52 Å². The summed E-state index contributed by atoms with van der Waals surface area (Å²) in [4.78, 5) is 9.07. The van der Waals surface area contributed by atoms with Crippen molar-refractivity contribution in [3.8, 4) is 0 Å². The fourth-order valence-corrected chi connectivity index (χ4v) is 2.90. The maximum Gasteiger partial charge on any atom is 0.240 e. The number of nitrogens with zero attached hydrogens (tertiary/aromatic N) is 4. The Kier molecular flexibility index (Phi) is 5.09. The number of halogens is 2. The fourth-order valence-electron chi connectivity index (χ4n) is 2.60. The highest BCUT2D eigenvalue weighted by molar-refractivity contribution is 6.42. The zero-order valence-corrected chi connectivity index (χ0v) is 14.8. The van der Waals surface area contributed by atoms with Crippen LogP contribution in [0.3, 0.4) is 0 Å². The molecule has 1 saturated heterocycles. The van der Waals surface area contributed by atoms with E-state index >= 15 is 0 Å². The van der Waals surface area contributed by atoms with Gasteiger partial charge in [0.1, 0.15) is 0 Å². The van der Waals surface area contributed by atoms with E-state index in [0.717, 1.165) is 37.7 Å². The van der Waals surface area contributed by atoms with E-state index in [9.17, 15) is 0 Å². The van der Waals surface area contributed by atoms with Gasteiger partial charge in [-0.15, -0.1) is 0 Å². The summed E-state index contributed by atoms with van der Waals surface area (Å²) in [5, 5.41) is 5.20. The molecule has 124 valence electrons. The van der Waals surface area contributed by atoms with Gasteiger partial charge in [0.25, 0.3) is 0 Å². The van der Waals surface area contributed by atoms with Crippen molar-refractivity contribution in [3.63, 3.8) is 0 Å². The Hall–Kier alpha value is -1.30. The molecule has 0 unspecified atom stereocenters. The number of piperazine rings is 1. The molecule has 1 fully saturated rings. The van der Waals surface area contributed by atoms with Crippen molar-refractivity contribution in [2.75, 3.05) is 31.1 Å². The minimum Gasteiger partial charge on any atom is -0.369 e. The summed E-state index contributed by atoms with van der Waals surface area (Å²) in [5.41, 5.74) is 1.11. The van der Waals surface area contributed by atoms with Gasteiger partial charge in [-0.1, -0.05) is 42.2 Å². The minimum atomic E-state index is 0.291. The largest absolute Gasteiger partial charge is 0.369 e. The second-order valence-corrected chi connectivity index (χ2v) is 6.88. The van der Waals surface area contributed by atoms with E-state index in [-0.39, 0.29) is 0 Å². The predicted octanol–water partition coefficient (Wildman–Crippen LogP) is 3.82. The van der Waals surface area contributed by atoms with Crippen LogP contribution in [0.5, 0.6) is 0 Å². The molecular weight excluding hydrogens is 335 g/mol. The highest BCUT2D eigenvalue weighted by Crippen LogP contribution is 2.27. The summed E-state index contributed by atoms with van der Waals surface area (Å²) < 4.78 is 5.32. The third-order valence-electron chi connectivity index (χ3n) is 4.00. The normalized spacial score (nSPS) is 16.3. The number of anilines is 1. The van der Waals surface area contributed by atoms with Gasteiger partial charge in [-0.25, -0.2) is 0 Å². The zero-order chi connectivity index (χ0) is 16.4. The van der Waals surface area contributed by atoms with Crippen LogP contribution < -0.4 is 4.90 Å². The van der Waals surface area contributed by atoms with Crippen LogP contribution in [0.4, 0.5) is 5.69 Å². The maximum atomic E-state index is 6.10. The van der Waals surface area contributed by atoms with Gasteiger partial charge in [0, 0.05) is 37.8 Å². The molecule has 1 aliphatic heterocycles. The van der Waals surface area contributed by atoms with Crippen LogP contribution >= 0.6 is 23.2 Å². The van der Waals surface area contributed by atoms with E-state index in [1.807, 2.05) is 18.2 Å².